The monoisotopic (exact) mass is 422 g/mol. The highest BCUT2D eigenvalue weighted by Gasteiger charge is 2.22. The molecule has 0 fully saturated rings. The van der Waals surface area contributed by atoms with Crippen LogP contribution >= 0.6 is 0 Å². The van der Waals surface area contributed by atoms with Gasteiger partial charge in [0, 0.05) is 49.3 Å². The molecule has 1 aliphatic heterocycles. The van der Waals surface area contributed by atoms with Gasteiger partial charge in [-0.3, -0.25) is 18.7 Å². The van der Waals surface area contributed by atoms with Crippen molar-refractivity contribution in [3.05, 3.63) is 92.0 Å². The van der Waals surface area contributed by atoms with Crippen LogP contribution in [-0.2, 0) is 27.1 Å². The number of halogens is 1. The molecule has 0 saturated carbocycles. The molecule has 2 aromatic carbocycles. The Bertz CT molecular complexity index is 1260. The minimum Gasteiger partial charge on any atom is -0.365 e. The minimum atomic E-state index is -0.394. The molecule has 0 aliphatic carbocycles. The Labute approximate surface area is 178 Å². The van der Waals surface area contributed by atoms with Gasteiger partial charge in [-0.1, -0.05) is 6.07 Å². The van der Waals surface area contributed by atoms with Gasteiger partial charge in [0.2, 0.25) is 0 Å². The molecule has 4 rings (SSSR count). The summed E-state index contributed by atoms with van der Waals surface area (Å²) in [5.41, 5.74) is 2.96. The van der Waals surface area contributed by atoms with Gasteiger partial charge in [0.05, 0.1) is 6.54 Å². The molecule has 3 aromatic rings. The van der Waals surface area contributed by atoms with Crippen LogP contribution in [0, 0.1) is 5.82 Å². The van der Waals surface area contributed by atoms with Gasteiger partial charge in [0.1, 0.15) is 5.82 Å². The zero-order valence-corrected chi connectivity index (χ0v) is 17.4. The Balaban J connectivity index is 1.63. The highest BCUT2D eigenvalue weighted by Crippen LogP contribution is 2.33. The van der Waals surface area contributed by atoms with Crippen LogP contribution in [0.25, 0.3) is 0 Å². The van der Waals surface area contributed by atoms with Gasteiger partial charge < -0.3 is 10.2 Å². The largest absolute Gasteiger partial charge is 0.365 e. The molecule has 0 unspecified atom stereocenters. The summed E-state index contributed by atoms with van der Waals surface area (Å²) < 4.78 is 15.7. The van der Waals surface area contributed by atoms with E-state index in [4.69, 9.17) is 0 Å². The first kappa shape index (κ1) is 20.6. The molecule has 0 bridgehead atoms. The van der Waals surface area contributed by atoms with Crippen LogP contribution in [0.1, 0.15) is 28.0 Å². The molecule has 0 spiro atoms. The molecule has 0 saturated heterocycles. The zero-order valence-electron chi connectivity index (χ0n) is 17.4. The Hall–Kier alpha value is -3.68. The van der Waals surface area contributed by atoms with Crippen LogP contribution < -0.4 is 21.5 Å². The van der Waals surface area contributed by atoms with Crippen molar-refractivity contribution in [1.29, 1.82) is 0 Å². The summed E-state index contributed by atoms with van der Waals surface area (Å²) in [5.74, 6) is -0.700. The van der Waals surface area contributed by atoms with Gasteiger partial charge in [0.25, 0.3) is 11.5 Å². The van der Waals surface area contributed by atoms with Crippen molar-refractivity contribution < 1.29 is 9.18 Å². The molecule has 7 nitrogen and oxygen atoms in total. The summed E-state index contributed by atoms with van der Waals surface area (Å²) in [4.78, 5) is 39.1. The third-order valence-corrected chi connectivity index (χ3v) is 5.68. The molecular formula is C23H23FN4O3. The number of anilines is 2. The highest BCUT2D eigenvalue weighted by atomic mass is 19.1. The van der Waals surface area contributed by atoms with E-state index in [0.29, 0.717) is 23.5 Å². The van der Waals surface area contributed by atoms with Gasteiger partial charge in [-0.15, -0.1) is 0 Å². The average Bonchev–Trinajstić information content (AvgIpc) is 2.77. The predicted molar refractivity (Wildman–Crippen MR) is 117 cm³/mol. The second-order valence-electron chi connectivity index (χ2n) is 7.66. The minimum absolute atomic E-state index is 0.306. The molecule has 160 valence electrons. The maximum absolute atomic E-state index is 13.1. The van der Waals surface area contributed by atoms with Crippen LogP contribution in [0.4, 0.5) is 15.8 Å². The number of hydrogen-bond donors (Lipinski definition) is 1. The van der Waals surface area contributed by atoms with Crippen molar-refractivity contribution in [3.8, 4) is 0 Å². The van der Waals surface area contributed by atoms with Gasteiger partial charge in [-0.2, -0.15) is 0 Å². The molecule has 1 N–H and O–H groups in total. The number of hydrogen-bond acceptors (Lipinski definition) is 4. The van der Waals surface area contributed by atoms with Crippen LogP contribution in [-0.4, -0.2) is 21.6 Å². The Kier molecular flexibility index (Phi) is 5.46. The number of carbonyl (C=O) groups excluding carboxylic acids is 1. The van der Waals surface area contributed by atoms with Crippen LogP contribution in [0.3, 0.4) is 0 Å². The standard InChI is InChI=1S/C23H23FN4O3/c1-26-17(13-21(29)27(2)23(26)31)14-28-12-4-5-18-19(6-3-7-20(18)28)25-22(30)15-8-10-16(24)11-9-15/h3,6-11,13H,4-5,12,14H2,1-2H3,(H,25,30). The maximum atomic E-state index is 13.1. The van der Waals surface area contributed by atoms with E-state index in [1.165, 1.54) is 41.9 Å². The maximum Gasteiger partial charge on any atom is 0.330 e. The fraction of sp³-hybridized carbons (Fsp3) is 0.261. The Morgan fingerprint density at radius 3 is 2.55 bits per heavy atom. The van der Waals surface area contributed by atoms with Crippen molar-refractivity contribution in [2.24, 2.45) is 14.1 Å². The molecular weight excluding hydrogens is 399 g/mol. The number of fused-ring (bicyclic) bond motifs is 1. The quantitative estimate of drug-likeness (QED) is 0.701. The predicted octanol–water partition coefficient (Wildman–Crippen LogP) is 2.43. The van der Waals surface area contributed by atoms with Crippen molar-refractivity contribution in [1.82, 2.24) is 9.13 Å². The Morgan fingerprint density at radius 1 is 1.06 bits per heavy atom. The van der Waals surface area contributed by atoms with Crippen LogP contribution in [0.2, 0.25) is 0 Å². The highest BCUT2D eigenvalue weighted by molar-refractivity contribution is 6.05. The topological polar surface area (TPSA) is 76.3 Å². The fourth-order valence-corrected chi connectivity index (χ4v) is 3.90. The van der Waals surface area contributed by atoms with E-state index in [1.54, 1.807) is 7.05 Å². The summed E-state index contributed by atoms with van der Waals surface area (Å²) in [5, 5.41) is 2.93. The molecule has 2 heterocycles. The lowest BCUT2D eigenvalue weighted by molar-refractivity contribution is 0.102. The first-order valence-electron chi connectivity index (χ1n) is 10.0. The smallest absolute Gasteiger partial charge is 0.330 e. The number of carbonyl (C=O) groups is 1. The summed E-state index contributed by atoms with van der Waals surface area (Å²) in [6, 6.07) is 12.6. The van der Waals surface area contributed by atoms with Crippen molar-refractivity contribution in [2.75, 3.05) is 16.8 Å². The van der Waals surface area contributed by atoms with Gasteiger partial charge in [-0.25, -0.2) is 9.18 Å². The number of nitrogens with zero attached hydrogens (tertiary/aromatic N) is 3. The van der Waals surface area contributed by atoms with Gasteiger partial charge in [-0.05, 0) is 54.8 Å². The second kappa shape index (κ2) is 8.22. The lowest BCUT2D eigenvalue weighted by Crippen LogP contribution is -2.40. The molecule has 0 atom stereocenters. The summed E-state index contributed by atoms with van der Waals surface area (Å²) >= 11 is 0. The number of aromatic nitrogens is 2. The summed E-state index contributed by atoms with van der Waals surface area (Å²) in [6.07, 6.45) is 1.66. The van der Waals surface area contributed by atoms with Gasteiger partial charge in [0.15, 0.2) is 0 Å². The molecule has 1 aliphatic rings. The fourth-order valence-electron chi connectivity index (χ4n) is 3.90. The molecule has 0 radical (unpaired) electrons. The molecule has 1 amide bonds. The van der Waals surface area contributed by atoms with E-state index in [2.05, 4.69) is 10.2 Å². The number of rotatable bonds is 4. The normalized spacial score (nSPS) is 13.1. The summed E-state index contributed by atoms with van der Waals surface area (Å²) in [6.45, 7) is 1.18. The zero-order chi connectivity index (χ0) is 22.1. The molecule has 31 heavy (non-hydrogen) atoms. The van der Waals surface area contributed by atoms with E-state index in [1.807, 2.05) is 18.2 Å². The molecule has 1 aromatic heterocycles. The number of amides is 1. The third kappa shape index (κ3) is 4.01. The average molecular weight is 422 g/mol. The summed E-state index contributed by atoms with van der Waals surface area (Å²) in [7, 11) is 3.11. The third-order valence-electron chi connectivity index (χ3n) is 5.68. The number of nitrogens with one attached hydrogen (secondary N) is 1. The van der Waals surface area contributed by atoms with E-state index in [9.17, 15) is 18.8 Å². The van der Waals surface area contributed by atoms with Crippen LogP contribution in [0.5, 0.6) is 0 Å². The molecule has 8 heteroatoms. The van der Waals surface area contributed by atoms with Crippen molar-refractivity contribution >= 4 is 17.3 Å². The van der Waals surface area contributed by atoms with Gasteiger partial charge >= 0.3 is 5.69 Å². The lowest BCUT2D eigenvalue weighted by Gasteiger charge is -2.33. The lowest BCUT2D eigenvalue weighted by atomic mass is 9.99. The van der Waals surface area contributed by atoms with Crippen LogP contribution in [0.15, 0.2) is 58.1 Å². The second-order valence-corrected chi connectivity index (χ2v) is 7.66. The van der Waals surface area contributed by atoms with E-state index >= 15 is 0 Å². The van der Waals surface area contributed by atoms with E-state index < -0.39 is 5.82 Å². The first-order chi connectivity index (χ1) is 14.8. The van der Waals surface area contributed by atoms with E-state index in [0.717, 1.165) is 35.2 Å². The van der Waals surface area contributed by atoms with E-state index in [-0.39, 0.29) is 17.2 Å². The van der Waals surface area contributed by atoms with Crippen molar-refractivity contribution in [2.45, 2.75) is 19.4 Å². The van der Waals surface area contributed by atoms with Crippen molar-refractivity contribution in [3.63, 3.8) is 0 Å². The number of benzene rings is 2. The first-order valence-corrected chi connectivity index (χ1v) is 10.0. The SMILES string of the molecule is Cn1c(CN2CCCc3c(NC(=O)c4ccc(F)cc4)cccc32)cc(=O)n(C)c1=O. The Morgan fingerprint density at radius 2 is 1.81 bits per heavy atom.